The van der Waals surface area contributed by atoms with Gasteiger partial charge in [-0.1, -0.05) is 42.5 Å². The van der Waals surface area contributed by atoms with Crippen LogP contribution < -0.4 is 4.90 Å². The molecule has 3 heteroatoms. The van der Waals surface area contributed by atoms with Crippen LogP contribution in [-0.4, -0.2) is 10.5 Å². The Morgan fingerprint density at radius 2 is 1.55 bits per heavy atom. The quantitative estimate of drug-likeness (QED) is 0.384. The molecule has 31 heavy (non-hydrogen) atoms. The minimum Gasteiger partial charge on any atom is -0.345 e. The minimum absolute atomic E-state index is 0.0401. The smallest absolute Gasteiger partial charge is 0.258 e. The highest BCUT2D eigenvalue weighted by atomic mass is 16.2. The molecule has 0 saturated heterocycles. The summed E-state index contributed by atoms with van der Waals surface area (Å²) >= 11 is 0. The van der Waals surface area contributed by atoms with Gasteiger partial charge in [0.1, 0.15) is 0 Å². The van der Waals surface area contributed by atoms with Crippen molar-refractivity contribution in [3.63, 3.8) is 0 Å². The van der Waals surface area contributed by atoms with Crippen LogP contribution in [0.15, 0.2) is 79.0 Å². The molecule has 1 aliphatic heterocycles. The first-order valence-corrected chi connectivity index (χ1v) is 10.7. The number of hydrogen-bond acceptors (Lipinski definition) is 1. The molecule has 1 amide bonds. The Labute approximate surface area is 183 Å². The molecule has 154 valence electrons. The van der Waals surface area contributed by atoms with Gasteiger partial charge in [-0.3, -0.25) is 4.79 Å². The number of para-hydroxylation sites is 1. The molecule has 3 nitrogen and oxygen atoms in total. The maximum absolute atomic E-state index is 13.7. The van der Waals surface area contributed by atoms with Crippen molar-refractivity contribution >= 4 is 11.6 Å². The Hall–Kier alpha value is -3.59. The van der Waals surface area contributed by atoms with Crippen LogP contribution in [0, 0.1) is 20.8 Å². The Morgan fingerprint density at radius 1 is 0.774 bits per heavy atom. The number of hydrogen-bond donors (Lipinski definition) is 0. The maximum Gasteiger partial charge on any atom is 0.258 e. The van der Waals surface area contributed by atoms with Crippen LogP contribution in [0.25, 0.3) is 11.1 Å². The first kappa shape index (κ1) is 19.4. The van der Waals surface area contributed by atoms with E-state index in [1.54, 1.807) is 0 Å². The van der Waals surface area contributed by atoms with Crippen molar-refractivity contribution < 1.29 is 4.79 Å². The minimum atomic E-state index is 0.0401. The number of aryl methyl sites for hydroxylation is 3. The Kier molecular flexibility index (Phi) is 4.74. The molecule has 0 unspecified atom stereocenters. The van der Waals surface area contributed by atoms with Gasteiger partial charge in [0.05, 0.1) is 6.54 Å². The van der Waals surface area contributed by atoms with E-state index in [-0.39, 0.29) is 5.91 Å². The molecule has 1 aliphatic rings. The highest BCUT2D eigenvalue weighted by Gasteiger charge is 2.25. The molecule has 1 aromatic heterocycles. The molecule has 2 heterocycles. The summed E-state index contributed by atoms with van der Waals surface area (Å²) in [5, 5.41) is 0. The molecule has 0 radical (unpaired) electrons. The molecule has 4 aromatic rings. The number of amides is 1. The second-order valence-electron chi connectivity index (χ2n) is 8.44. The topological polar surface area (TPSA) is 25.2 Å². The van der Waals surface area contributed by atoms with Gasteiger partial charge in [0.15, 0.2) is 0 Å². The zero-order chi connectivity index (χ0) is 21.5. The number of aromatic nitrogens is 1. The van der Waals surface area contributed by atoms with Crippen molar-refractivity contribution in [2.45, 2.75) is 33.9 Å². The van der Waals surface area contributed by atoms with E-state index >= 15 is 0 Å². The summed E-state index contributed by atoms with van der Waals surface area (Å²) in [6, 6.07) is 24.9. The molecule has 0 atom stereocenters. The molecule has 0 spiro atoms. The Balaban J connectivity index is 1.56. The van der Waals surface area contributed by atoms with E-state index in [1.807, 2.05) is 29.2 Å². The predicted molar refractivity (Wildman–Crippen MR) is 127 cm³/mol. The standard InChI is InChI=1S/C28H26N2O/c1-19-8-6-9-20(2)27(19)25-14-13-22(16-21(25)3)28(31)30-18-24-11-7-15-29(24)17-23-10-4-5-12-26(23)30/h4-16H,17-18H2,1-3H3. The molecule has 0 N–H and O–H groups in total. The van der Waals surface area contributed by atoms with E-state index in [1.165, 1.54) is 22.3 Å². The SMILES string of the molecule is Cc1cc(C(=O)N2Cc3cccn3Cc3ccccc32)ccc1-c1c(C)cccc1C. The zero-order valence-electron chi connectivity index (χ0n) is 18.2. The Morgan fingerprint density at radius 3 is 2.32 bits per heavy atom. The van der Waals surface area contributed by atoms with E-state index in [4.69, 9.17) is 0 Å². The number of nitrogens with zero attached hydrogens (tertiary/aromatic N) is 2. The average Bonchev–Trinajstić information content (AvgIpc) is 3.13. The third-order valence-corrected chi connectivity index (χ3v) is 6.34. The summed E-state index contributed by atoms with van der Waals surface area (Å²) in [6.45, 7) is 7.74. The highest BCUT2D eigenvalue weighted by Crippen LogP contribution is 2.32. The summed E-state index contributed by atoms with van der Waals surface area (Å²) in [4.78, 5) is 15.6. The number of carbonyl (C=O) groups is 1. The molecule has 0 bridgehead atoms. The third kappa shape index (κ3) is 3.36. The average molecular weight is 407 g/mol. The monoisotopic (exact) mass is 406 g/mol. The van der Waals surface area contributed by atoms with Crippen LogP contribution in [0.5, 0.6) is 0 Å². The molecule has 0 saturated carbocycles. The van der Waals surface area contributed by atoms with E-state index in [0.717, 1.165) is 34.6 Å². The highest BCUT2D eigenvalue weighted by molar-refractivity contribution is 6.07. The Bertz CT molecular complexity index is 1280. The van der Waals surface area contributed by atoms with Crippen molar-refractivity contribution in [2.24, 2.45) is 0 Å². The summed E-state index contributed by atoms with van der Waals surface area (Å²) < 4.78 is 2.22. The van der Waals surface area contributed by atoms with Gasteiger partial charge in [-0.25, -0.2) is 0 Å². The molecular weight excluding hydrogens is 380 g/mol. The summed E-state index contributed by atoms with van der Waals surface area (Å²) in [5.74, 6) is 0.0401. The lowest BCUT2D eigenvalue weighted by atomic mass is 9.91. The number of rotatable bonds is 2. The second-order valence-corrected chi connectivity index (χ2v) is 8.44. The van der Waals surface area contributed by atoms with Gasteiger partial charge in [-0.15, -0.1) is 0 Å². The van der Waals surface area contributed by atoms with Crippen LogP contribution in [0.4, 0.5) is 5.69 Å². The fraction of sp³-hybridized carbons (Fsp3) is 0.179. The molecule has 0 aliphatic carbocycles. The maximum atomic E-state index is 13.7. The first-order valence-electron chi connectivity index (χ1n) is 10.7. The molecule has 5 rings (SSSR count). The fourth-order valence-electron chi connectivity index (χ4n) is 4.74. The van der Waals surface area contributed by atoms with Gasteiger partial charge in [-0.2, -0.15) is 0 Å². The lowest BCUT2D eigenvalue weighted by Gasteiger charge is -2.23. The van der Waals surface area contributed by atoms with Crippen LogP contribution in [0.2, 0.25) is 0 Å². The van der Waals surface area contributed by atoms with Crippen molar-refractivity contribution in [3.8, 4) is 11.1 Å². The van der Waals surface area contributed by atoms with E-state index in [0.29, 0.717) is 6.54 Å². The van der Waals surface area contributed by atoms with Gasteiger partial charge in [0.25, 0.3) is 5.91 Å². The second kappa shape index (κ2) is 7.59. The van der Waals surface area contributed by atoms with Gasteiger partial charge in [0.2, 0.25) is 0 Å². The fourth-order valence-corrected chi connectivity index (χ4v) is 4.74. The van der Waals surface area contributed by atoms with Gasteiger partial charge in [-0.05, 0) is 84.5 Å². The van der Waals surface area contributed by atoms with E-state index in [2.05, 4.69) is 80.1 Å². The van der Waals surface area contributed by atoms with Crippen molar-refractivity contribution in [1.82, 2.24) is 4.57 Å². The molecule has 0 fully saturated rings. The predicted octanol–water partition coefficient (Wildman–Crippen LogP) is 6.29. The summed E-state index contributed by atoms with van der Waals surface area (Å²) in [5.41, 5.74) is 10.1. The number of anilines is 1. The van der Waals surface area contributed by atoms with Crippen LogP contribution >= 0.6 is 0 Å². The van der Waals surface area contributed by atoms with Crippen LogP contribution in [0.1, 0.15) is 38.3 Å². The van der Waals surface area contributed by atoms with Crippen LogP contribution in [0.3, 0.4) is 0 Å². The van der Waals surface area contributed by atoms with Crippen molar-refractivity contribution in [1.29, 1.82) is 0 Å². The third-order valence-electron chi connectivity index (χ3n) is 6.34. The van der Waals surface area contributed by atoms with E-state index < -0.39 is 0 Å². The van der Waals surface area contributed by atoms with Crippen LogP contribution in [-0.2, 0) is 13.1 Å². The molecular formula is C28H26N2O. The van der Waals surface area contributed by atoms with Gasteiger partial charge in [0, 0.05) is 29.7 Å². The normalized spacial score (nSPS) is 12.8. The summed E-state index contributed by atoms with van der Waals surface area (Å²) in [7, 11) is 0. The van der Waals surface area contributed by atoms with Crippen molar-refractivity contribution in [2.75, 3.05) is 4.90 Å². The van der Waals surface area contributed by atoms with Gasteiger partial charge < -0.3 is 9.47 Å². The zero-order valence-corrected chi connectivity index (χ0v) is 18.2. The van der Waals surface area contributed by atoms with Gasteiger partial charge >= 0.3 is 0 Å². The number of carbonyl (C=O) groups excluding carboxylic acids is 1. The summed E-state index contributed by atoms with van der Waals surface area (Å²) in [6.07, 6.45) is 2.09. The van der Waals surface area contributed by atoms with E-state index in [9.17, 15) is 4.79 Å². The number of benzene rings is 3. The molecule has 3 aromatic carbocycles. The van der Waals surface area contributed by atoms with Crippen molar-refractivity contribution in [3.05, 3.63) is 113 Å². The number of fused-ring (bicyclic) bond motifs is 2. The first-order chi connectivity index (χ1) is 15.0. The lowest BCUT2D eigenvalue weighted by Crippen LogP contribution is -2.30. The largest absolute Gasteiger partial charge is 0.345 e. The lowest BCUT2D eigenvalue weighted by molar-refractivity contribution is 0.0985.